The van der Waals surface area contributed by atoms with Crippen molar-refractivity contribution in [2.45, 2.75) is 19.5 Å². The molecule has 0 atom stereocenters. The Morgan fingerprint density at radius 1 is 1.12 bits per heavy atom. The molecule has 140 valence electrons. The maximum Gasteiger partial charge on any atom is 0.274 e. The zero-order valence-corrected chi connectivity index (χ0v) is 15.9. The Morgan fingerprint density at radius 2 is 1.88 bits per heavy atom. The van der Waals surface area contributed by atoms with Gasteiger partial charge in [0.1, 0.15) is 5.82 Å². The van der Waals surface area contributed by atoms with Crippen LogP contribution in [0, 0.1) is 0 Å². The standard InChI is InChI=1S/C18H27N7O/c1-21-8-10-25(11-9-21)18(26)17-14-4-6-24(12-15(14)23(3)20-17)13-16-19-5-7-22(16)2/h5,7H,4,6,8-13H2,1-3H3. The summed E-state index contributed by atoms with van der Waals surface area (Å²) < 4.78 is 3.95. The van der Waals surface area contributed by atoms with E-state index in [0.717, 1.165) is 69.3 Å². The summed E-state index contributed by atoms with van der Waals surface area (Å²) in [5, 5.41) is 4.60. The van der Waals surface area contributed by atoms with Gasteiger partial charge in [-0.05, 0) is 13.5 Å². The molecule has 8 nitrogen and oxygen atoms in total. The number of aromatic nitrogens is 4. The van der Waals surface area contributed by atoms with Crippen LogP contribution in [0.1, 0.15) is 27.6 Å². The van der Waals surface area contributed by atoms with Crippen molar-refractivity contribution in [3.63, 3.8) is 0 Å². The number of hydrogen-bond acceptors (Lipinski definition) is 5. The number of hydrogen-bond donors (Lipinski definition) is 0. The Labute approximate surface area is 154 Å². The van der Waals surface area contributed by atoms with E-state index in [-0.39, 0.29) is 5.91 Å². The first-order chi connectivity index (χ1) is 12.5. The molecule has 8 heteroatoms. The number of carbonyl (C=O) groups excluding carboxylic acids is 1. The highest BCUT2D eigenvalue weighted by Gasteiger charge is 2.30. The van der Waals surface area contributed by atoms with E-state index in [1.165, 1.54) is 0 Å². The number of likely N-dealkylation sites (N-methyl/N-ethyl adjacent to an activating group) is 1. The summed E-state index contributed by atoms with van der Waals surface area (Å²) >= 11 is 0. The fraction of sp³-hybridized carbons (Fsp3) is 0.611. The van der Waals surface area contributed by atoms with E-state index < -0.39 is 0 Å². The van der Waals surface area contributed by atoms with Crippen molar-refractivity contribution in [2.75, 3.05) is 39.8 Å². The van der Waals surface area contributed by atoms with Crippen LogP contribution >= 0.6 is 0 Å². The molecule has 0 aliphatic carbocycles. The van der Waals surface area contributed by atoms with E-state index in [4.69, 9.17) is 0 Å². The van der Waals surface area contributed by atoms with Gasteiger partial charge in [0.25, 0.3) is 5.91 Å². The Balaban J connectivity index is 1.50. The van der Waals surface area contributed by atoms with E-state index in [1.807, 2.05) is 36.1 Å². The zero-order chi connectivity index (χ0) is 18.3. The summed E-state index contributed by atoms with van der Waals surface area (Å²) in [5.74, 6) is 1.15. The lowest BCUT2D eigenvalue weighted by molar-refractivity contribution is 0.0656. The SMILES string of the molecule is CN1CCN(C(=O)c2nn(C)c3c2CCN(Cc2nccn2C)C3)CC1. The van der Waals surface area contributed by atoms with E-state index >= 15 is 0 Å². The molecule has 0 unspecified atom stereocenters. The van der Waals surface area contributed by atoms with Gasteiger partial charge < -0.3 is 14.4 Å². The van der Waals surface area contributed by atoms with E-state index in [0.29, 0.717) is 5.69 Å². The summed E-state index contributed by atoms with van der Waals surface area (Å²) in [4.78, 5) is 24.0. The number of fused-ring (bicyclic) bond motifs is 1. The second-order valence-electron chi connectivity index (χ2n) is 7.41. The molecule has 2 aromatic heterocycles. The molecule has 0 N–H and O–H groups in total. The minimum Gasteiger partial charge on any atom is -0.337 e. The van der Waals surface area contributed by atoms with Crippen molar-refractivity contribution in [3.8, 4) is 0 Å². The highest BCUT2D eigenvalue weighted by Crippen LogP contribution is 2.24. The van der Waals surface area contributed by atoms with Crippen molar-refractivity contribution in [1.82, 2.24) is 34.0 Å². The zero-order valence-electron chi connectivity index (χ0n) is 15.9. The molecular weight excluding hydrogens is 330 g/mol. The van der Waals surface area contributed by atoms with Gasteiger partial charge in [0, 0.05) is 71.3 Å². The molecule has 0 radical (unpaired) electrons. The number of imidazole rings is 1. The normalized spacial score (nSPS) is 19.0. The number of rotatable bonds is 3. The van der Waals surface area contributed by atoms with Gasteiger partial charge in [0.2, 0.25) is 0 Å². The third-order valence-corrected chi connectivity index (χ3v) is 5.61. The molecule has 1 fully saturated rings. The second kappa shape index (κ2) is 6.85. The highest BCUT2D eigenvalue weighted by molar-refractivity contribution is 5.94. The van der Waals surface area contributed by atoms with E-state index in [2.05, 4.69) is 31.5 Å². The van der Waals surface area contributed by atoms with Gasteiger partial charge in [0.15, 0.2) is 5.69 Å². The Hall–Kier alpha value is -2.19. The van der Waals surface area contributed by atoms with E-state index in [1.54, 1.807) is 0 Å². The maximum atomic E-state index is 13.0. The van der Waals surface area contributed by atoms with Gasteiger partial charge in [0.05, 0.1) is 12.2 Å². The van der Waals surface area contributed by atoms with Crippen LogP contribution in [0.4, 0.5) is 0 Å². The molecule has 0 aromatic carbocycles. The quantitative estimate of drug-likeness (QED) is 0.780. The number of aryl methyl sites for hydroxylation is 2. The Morgan fingerprint density at radius 3 is 2.58 bits per heavy atom. The van der Waals surface area contributed by atoms with Crippen LogP contribution in [0.15, 0.2) is 12.4 Å². The Bertz CT molecular complexity index is 801. The van der Waals surface area contributed by atoms with Crippen LogP contribution in [-0.2, 0) is 33.6 Å². The van der Waals surface area contributed by atoms with Crippen molar-refractivity contribution >= 4 is 5.91 Å². The summed E-state index contributed by atoms with van der Waals surface area (Å²) in [6, 6.07) is 0. The highest BCUT2D eigenvalue weighted by atomic mass is 16.2. The van der Waals surface area contributed by atoms with Gasteiger partial charge in [-0.3, -0.25) is 14.4 Å². The molecule has 0 spiro atoms. The monoisotopic (exact) mass is 357 g/mol. The molecule has 2 aromatic rings. The molecule has 2 aliphatic heterocycles. The summed E-state index contributed by atoms with van der Waals surface area (Å²) in [7, 11) is 6.07. The van der Waals surface area contributed by atoms with Crippen LogP contribution in [0.3, 0.4) is 0 Å². The van der Waals surface area contributed by atoms with Crippen molar-refractivity contribution in [1.29, 1.82) is 0 Å². The Kier molecular flexibility index (Phi) is 4.54. The fourth-order valence-corrected chi connectivity index (χ4v) is 3.84. The van der Waals surface area contributed by atoms with Crippen molar-refractivity contribution < 1.29 is 4.79 Å². The van der Waals surface area contributed by atoms with Gasteiger partial charge in [-0.2, -0.15) is 5.10 Å². The number of nitrogens with zero attached hydrogens (tertiary/aromatic N) is 7. The minimum atomic E-state index is 0.0903. The topological polar surface area (TPSA) is 62.4 Å². The molecule has 2 aliphatic rings. The maximum absolute atomic E-state index is 13.0. The molecule has 4 rings (SSSR count). The van der Waals surface area contributed by atoms with Gasteiger partial charge in [-0.15, -0.1) is 0 Å². The lowest BCUT2D eigenvalue weighted by atomic mass is 10.0. The average Bonchev–Trinajstić information content (AvgIpc) is 3.19. The third-order valence-electron chi connectivity index (χ3n) is 5.61. The van der Waals surface area contributed by atoms with Crippen LogP contribution in [0.25, 0.3) is 0 Å². The smallest absolute Gasteiger partial charge is 0.274 e. The fourth-order valence-electron chi connectivity index (χ4n) is 3.84. The van der Waals surface area contributed by atoms with Gasteiger partial charge in [-0.25, -0.2) is 4.98 Å². The lowest BCUT2D eigenvalue weighted by Gasteiger charge is -2.32. The third kappa shape index (κ3) is 3.14. The minimum absolute atomic E-state index is 0.0903. The van der Waals surface area contributed by atoms with Gasteiger partial charge in [-0.1, -0.05) is 0 Å². The molecule has 26 heavy (non-hydrogen) atoms. The molecule has 4 heterocycles. The average molecular weight is 357 g/mol. The number of piperazine rings is 1. The van der Waals surface area contributed by atoms with Gasteiger partial charge >= 0.3 is 0 Å². The summed E-state index contributed by atoms with van der Waals surface area (Å²) in [6.45, 7) is 5.97. The number of carbonyl (C=O) groups is 1. The van der Waals surface area contributed by atoms with Crippen LogP contribution in [0.5, 0.6) is 0 Å². The molecule has 1 saturated heterocycles. The largest absolute Gasteiger partial charge is 0.337 e. The lowest BCUT2D eigenvalue weighted by Crippen LogP contribution is -2.47. The molecule has 1 amide bonds. The first-order valence-electron chi connectivity index (χ1n) is 9.24. The van der Waals surface area contributed by atoms with Crippen molar-refractivity contribution in [3.05, 3.63) is 35.2 Å². The first-order valence-corrected chi connectivity index (χ1v) is 9.24. The van der Waals surface area contributed by atoms with Crippen LogP contribution < -0.4 is 0 Å². The van der Waals surface area contributed by atoms with Crippen LogP contribution in [0.2, 0.25) is 0 Å². The number of amides is 1. The van der Waals surface area contributed by atoms with Crippen LogP contribution in [-0.4, -0.2) is 79.7 Å². The molecular formula is C18H27N7O. The predicted octanol–water partition coefficient (Wildman–Crippen LogP) is 0.0995. The molecule has 0 bridgehead atoms. The summed E-state index contributed by atoms with van der Waals surface area (Å²) in [5.41, 5.74) is 2.94. The van der Waals surface area contributed by atoms with Crippen molar-refractivity contribution in [2.24, 2.45) is 14.1 Å². The second-order valence-corrected chi connectivity index (χ2v) is 7.41. The first kappa shape index (κ1) is 17.2. The van der Waals surface area contributed by atoms with E-state index in [9.17, 15) is 4.79 Å². The molecule has 0 saturated carbocycles. The predicted molar refractivity (Wildman–Crippen MR) is 97.6 cm³/mol. The summed E-state index contributed by atoms with van der Waals surface area (Å²) in [6.07, 6.45) is 4.67.